The second-order valence-electron chi connectivity index (χ2n) is 4.51. The number of aliphatic hydroxyl groups is 1. The van der Waals surface area contributed by atoms with Gasteiger partial charge in [-0.3, -0.25) is 4.79 Å². The number of nitrogens with one attached hydrogen (secondary N) is 1. The summed E-state index contributed by atoms with van der Waals surface area (Å²) in [6, 6.07) is 1.78. The lowest BCUT2D eigenvalue weighted by Crippen LogP contribution is -2.40. The lowest BCUT2D eigenvalue weighted by molar-refractivity contribution is -0.126. The SMILES string of the molecule is CCOCC(=O)NC[C@](C)(O)c1cc(C)oc1C. The molecule has 1 rings (SSSR count). The molecule has 0 saturated heterocycles. The van der Waals surface area contributed by atoms with E-state index in [0.717, 1.165) is 5.76 Å². The number of ether oxygens (including phenoxy) is 1. The van der Waals surface area contributed by atoms with Crippen molar-refractivity contribution in [3.05, 3.63) is 23.2 Å². The summed E-state index contributed by atoms with van der Waals surface area (Å²) < 4.78 is 10.4. The van der Waals surface area contributed by atoms with E-state index in [4.69, 9.17) is 9.15 Å². The number of hydrogen-bond acceptors (Lipinski definition) is 4. The van der Waals surface area contributed by atoms with E-state index in [1.54, 1.807) is 19.9 Å². The summed E-state index contributed by atoms with van der Waals surface area (Å²) in [4.78, 5) is 11.4. The quantitative estimate of drug-likeness (QED) is 0.802. The maximum Gasteiger partial charge on any atom is 0.246 e. The van der Waals surface area contributed by atoms with Crippen LogP contribution in [-0.2, 0) is 15.1 Å². The van der Waals surface area contributed by atoms with Gasteiger partial charge in [-0.2, -0.15) is 0 Å². The van der Waals surface area contributed by atoms with Gasteiger partial charge in [-0.15, -0.1) is 0 Å². The largest absolute Gasteiger partial charge is 0.466 e. The number of carbonyl (C=O) groups excluding carboxylic acids is 1. The van der Waals surface area contributed by atoms with Crippen LogP contribution >= 0.6 is 0 Å². The van der Waals surface area contributed by atoms with Crippen molar-refractivity contribution < 1.29 is 19.1 Å². The van der Waals surface area contributed by atoms with Crippen LogP contribution in [0.15, 0.2) is 10.5 Å². The van der Waals surface area contributed by atoms with Crippen LogP contribution in [0.3, 0.4) is 0 Å². The molecule has 1 atom stereocenters. The fourth-order valence-electron chi connectivity index (χ4n) is 1.78. The summed E-state index contributed by atoms with van der Waals surface area (Å²) >= 11 is 0. The Labute approximate surface area is 107 Å². The molecule has 18 heavy (non-hydrogen) atoms. The summed E-state index contributed by atoms with van der Waals surface area (Å²) in [5.41, 5.74) is -0.458. The molecule has 2 N–H and O–H groups in total. The van der Waals surface area contributed by atoms with Crippen LogP contribution in [0.4, 0.5) is 0 Å². The maximum atomic E-state index is 11.4. The van der Waals surface area contributed by atoms with Gasteiger partial charge in [-0.1, -0.05) is 0 Å². The van der Waals surface area contributed by atoms with E-state index in [0.29, 0.717) is 17.9 Å². The summed E-state index contributed by atoms with van der Waals surface area (Å²) in [5.74, 6) is 1.16. The lowest BCUT2D eigenvalue weighted by Gasteiger charge is -2.23. The highest BCUT2D eigenvalue weighted by molar-refractivity contribution is 5.77. The van der Waals surface area contributed by atoms with Crippen molar-refractivity contribution in [1.29, 1.82) is 0 Å². The first-order valence-electron chi connectivity index (χ1n) is 6.01. The molecule has 102 valence electrons. The third kappa shape index (κ3) is 3.85. The number of rotatable bonds is 6. The molecule has 1 amide bonds. The minimum atomic E-state index is -1.15. The van der Waals surface area contributed by atoms with E-state index < -0.39 is 5.60 Å². The minimum absolute atomic E-state index is 0.00990. The molecule has 5 nitrogen and oxygen atoms in total. The molecule has 0 aliphatic carbocycles. The molecule has 0 aromatic carbocycles. The third-order valence-electron chi connectivity index (χ3n) is 2.69. The molecule has 0 spiro atoms. The Morgan fingerprint density at radius 3 is 2.72 bits per heavy atom. The Kier molecular flexibility index (Phi) is 4.93. The van der Waals surface area contributed by atoms with Crippen LogP contribution in [-0.4, -0.2) is 30.8 Å². The first-order chi connectivity index (χ1) is 8.36. The monoisotopic (exact) mass is 255 g/mol. The molecule has 0 bridgehead atoms. The Morgan fingerprint density at radius 2 is 2.22 bits per heavy atom. The van der Waals surface area contributed by atoms with Crippen molar-refractivity contribution in [2.24, 2.45) is 0 Å². The molecule has 0 aliphatic rings. The van der Waals surface area contributed by atoms with E-state index in [1.807, 2.05) is 13.8 Å². The minimum Gasteiger partial charge on any atom is -0.466 e. The summed E-state index contributed by atoms with van der Waals surface area (Å²) in [7, 11) is 0. The van der Waals surface area contributed by atoms with Gasteiger partial charge >= 0.3 is 0 Å². The predicted molar refractivity (Wildman–Crippen MR) is 67.3 cm³/mol. The maximum absolute atomic E-state index is 11.4. The average Bonchev–Trinajstić information content (AvgIpc) is 2.64. The molecule has 0 radical (unpaired) electrons. The molecule has 0 fully saturated rings. The highest BCUT2D eigenvalue weighted by atomic mass is 16.5. The Bertz CT molecular complexity index is 409. The summed E-state index contributed by atoms with van der Waals surface area (Å²) in [5, 5.41) is 13.0. The number of carbonyl (C=O) groups is 1. The molecule has 0 aliphatic heterocycles. The summed E-state index contributed by atoms with van der Waals surface area (Å²) in [6.07, 6.45) is 0. The zero-order valence-corrected chi connectivity index (χ0v) is 11.4. The van der Waals surface area contributed by atoms with Gasteiger partial charge in [0.05, 0.1) is 6.54 Å². The highest BCUT2D eigenvalue weighted by Gasteiger charge is 2.28. The van der Waals surface area contributed by atoms with Crippen molar-refractivity contribution in [1.82, 2.24) is 5.32 Å². The first kappa shape index (κ1) is 14.7. The van der Waals surface area contributed by atoms with Crippen molar-refractivity contribution in [3.63, 3.8) is 0 Å². The van der Waals surface area contributed by atoms with Gasteiger partial charge in [-0.25, -0.2) is 0 Å². The van der Waals surface area contributed by atoms with Crippen LogP contribution in [0.25, 0.3) is 0 Å². The summed E-state index contributed by atoms with van der Waals surface area (Å²) in [6.45, 7) is 7.70. The van der Waals surface area contributed by atoms with Crippen LogP contribution in [0.1, 0.15) is 30.9 Å². The van der Waals surface area contributed by atoms with E-state index >= 15 is 0 Å². The van der Waals surface area contributed by atoms with Gasteiger partial charge in [0.25, 0.3) is 0 Å². The smallest absolute Gasteiger partial charge is 0.246 e. The van der Waals surface area contributed by atoms with Gasteiger partial charge in [0.2, 0.25) is 5.91 Å². The fourth-order valence-corrected chi connectivity index (χ4v) is 1.78. The van der Waals surface area contributed by atoms with Gasteiger partial charge < -0.3 is 19.6 Å². The topological polar surface area (TPSA) is 71.7 Å². The number of amides is 1. The van der Waals surface area contributed by atoms with Crippen LogP contribution in [0.5, 0.6) is 0 Å². The Balaban J connectivity index is 2.59. The van der Waals surface area contributed by atoms with E-state index in [1.165, 1.54) is 0 Å². The van der Waals surface area contributed by atoms with Crippen LogP contribution in [0, 0.1) is 13.8 Å². The zero-order valence-electron chi connectivity index (χ0n) is 11.4. The van der Waals surface area contributed by atoms with Crippen molar-refractivity contribution in [2.45, 2.75) is 33.3 Å². The predicted octanol–water partition coefficient (Wildman–Crippen LogP) is 1.26. The van der Waals surface area contributed by atoms with E-state index in [2.05, 4.69) is 5.32 Å². The van der Waals surface area contributed by atoms with E-state index in [-0.39, 0.29) is 19.1 Å². The molecule has 1 aromatic rings. The molecular formula is C13H21NO4. The molecule has 1 heterocycles. The number of hydrogen-bond donors (Lipinski definition) is 2. The standard InChI is InChI=1S/C13H21NO4/c1-5-17-7-12(15)14-8-13(4,16)11-6-9(2)18-10(11)3/h6,16H,5,7-8H2,1-4H3,(H,14,15)/t13-/m0/s1. The van der Waals surface area contributed by atoms with Crippen LogP contribution in [0.2, 0.25) is 0 Å². The second kappa shape index (κ2) is 6.02. The van der Waals surface area contributed by atoms with Crippen molar-refractivity contribution in [3.8, 4) is 0 Å². The lowest BCUT2D eigenvalue weighted by atomic mass is 9.96. The molecule has 5 heteroatoms. The fraction of sp³-hybridized carbons (Fsp3) is 0.615. The van der Waals surface area contributed by atoms with E-state index in [9.17, 15) is 9.90 Å². The molecule has 1 aromatic heterocycles. The Hall–Kier alpha value is -1.33. The van der Waals surface area contributed by atoms with Gasteiger partial charge in [-0.05, 0) is 33.8 Å². The molecule has 0 saturated carbocycles. The third-order valence-corrected chi connectivity index (χ3v) is 2.69. The average molecular weight is 255 g/mol. The highest BCUT2D eigenvalue weighted by Crippen LogP contribution is 2.26. The number of aryl methyl sites for hydroxylation is 2. The van der Waals surface area contributed by atoms with Gasteiger partial charge in [0.15, 0.2) is 0 Å². The van der Waals surface area contributed by atoms with Crippen LogP contribution < -0.4 is 5.32 Å². The Morgan fingerprint density at radius 1 is 1.56 bits per heavy atom. The number of furan rings is 1. The molecule has 0 unspecified atom stereocenters. The van der Waals surface area contributed by atoms with Gasteiger partial charge in [0, 0.05) is 12.2 Å². The van der Waals surface area contributed by atoms with Crippen molar-refractivity contribution >= 4 is 5.91 Å². The van der Waals surface area contributed by atoms with Crippen molar-refractivity contribution in [2.75, 3.05) is 19.8 Å². The normalized spacial score (nSPS) is 14.3. The second-order valence-corrected chi connectivity index (χ2v) is 4.51. The zero-order chi connectivity index (χ0) is 13.8. The first-order valence-corrected chi connectivity index (χ1v) is 6.01. The molecular weight excluding hydrogens is 234 g/mol. The van der Waals surface area contributed by atoms with Gasteiger partial charge in [0.1, 0.15) is 23.7 Å².